The van der Waals surface area contributed by atoms with Crippen molar-refractivity contribution in [2.45, 2.75) is 31.5 Å². The van der Waals surface area contributed by atoms with E-state index in [1.807, 2.05) is 13.0 Å². The van der Waals surface area contributed by atoms with Crippen LogP contribution in [0.3, 0.4) is 0 Å². The van der Waals surface area contributed by atoms with E-state index in [9.17, 15) is 0 Å². The molecule has 4 heteroatoms. The molecule has 1 heterocycles. The summed E-state index contributed by atoms with van der Waals surface area (Å²) >= 11 is 1.60. The molecule has 0 bridgehead atoms. The summed E-state index contributed by atoms with van der Waals surface area (Å²) < 4.78 is 0. The number of nitrogens with zero attached hydrogens (tertiary/aromatic N) is 2. The Balaban J connectivity index is 1.95. The molecule has 2 rings (SSSR count). The molecule has 0 aliphatic carbocycles. The van der Waals surface area contributed by atoms with Crippen molar-refractivity contribution in [1.82, 2.24) is 9.97 Å². The quantitative estimate of drug-likeness (QED) is 0.671. The van der Waals surface area contributed by atoms with Gasteiger partial charge in [0.2, 0.25) is 0 Å². The molecule has 2 aromatic rings. The highest BCUT2D eigenvalue weighted by atomic mass is 32.2. The van der Waals surface area contributed by atoms with Crippen molar-refractivity contribution in [2.75, 3.05) is 5.75 Å². The molecule has 0 aliphatic heterocycles. The molecule has 0 fully saturated rings. The molecular formula is C15H19N3S. The van der Waals surface area contributed by atoms with Gasteiger partial charge in [0.15, 0.2) is 5.16 Å². The van der Waals surface area contributed by atoms with E-state index in [0.717, 1.165) is 28.6 Å². The molecule has 19 heavy (non-hydrogen) atoms. The first-order valence-electron chi connectivity index (χ1n) is 6.46. The Morgan fingerprint density at radius 2 is 1.95 bits per heavy atom. The molecule has 2 N–H and O–H groups in total. The molecule has 0 aliphatic rings. The summed E-state index contributed by atoms with van der Waals surface area (Å²) in [6, 6.07) is 10.4. The van der Waals surface area contributed by atoms with Gasteiger partial charge < -0.3 is 5.73 Å². The Morgan fingerprint density at radius 3 is 2.58 bits per heavy atom. The van der Waals surface area contributed by atoms with Crippen LogP contribution in [0.2, 0.25) is 0 Å². The van der Waals surface area contributed by atoms with E-state index in [2.05, 4.69) is 41.2 Å². The second-order valence-corrected chi connectivity index (χ2v) is 5.48. The lowest BCUT2D eigenvalue weighted by molar-refractivity contribution is 0.824. The molecule has 100 valence electrons. The van der Waals surface area contributed by atoms with E-state index in [1.165, 1.54) is 5.56 Å². The summed E-state index contributed by atoms with van der Waals surface area (Å²) in [6.07, 6.45) is 2.84. The lowest BCUT2D eigenvalue weighted by atomic mass is 10.1. The van der Waals surface area contributed by atoms with Crippen LogP contribution in [0.4, 0.5) is 0 Å². The van der Waals surface area contributed by atoms with Crippen LogP contribution in [0.15, 0.2) is 41.7 Å². The van der Waals surface area contributed by atoms with Crippen LogP contribution >= 0.6 is 11.8 Å². The summed E-state index contributed by atoms with van der Waals surface area (Å²) in [5, 5.41) is 0.792. The van der Waals surface area contributed by atoms with Crippen LogP contribution in [0.1, 0.15) is 29.8 Å². The van der Waals surface area contributed by atoms with Crippen molar-refractivity contribution < 1.29 is 0 Å². The molecule has 0 saturated carbocycles. The summed E-state index contributed by atoms with van der Waals surface area (Å²) in [5.74, 6) is 0.787. The average Bonchev–Trinajstić information content (AvgIpc) is 2.45. The topological polar surface area (TPSA) is 51.8 Å². The third kappa shape index (κ3) is 4.04. The van der Waals surface area contributed by atoms with Crippen LogP contribution < -0.4 is 5.73 Å². The molecule has 0 amide bonds. The third-order valence-corrected chi connectivity index (χ3v) is 3.96. The molecule has 0 spiro atoms. The zero-order valence-electron chi connectivity index (χ0n) is 11.3. The van der Waals surface area contributed by atoms with Crippen LogP contribution in [-0.4, -0.2) is 15.7 Å². The molecule has 0 saturated heterocycles. The second kappa shape index (κ2) is 6.68. The molecule has 1 aromatic carbocycles. The van der Waals surface area contributed by atoms with E-state index in [-0.39, 0.29) is 6.04 Å². The Hall–Kier alpha value is -1.39. The number of thioether (sulfide) groups is 1. The summed E-state index contributed by atoms with van der Waals surface area (Å²) in [7, 11) is 0. The number of aromatic nitrogens is 2. The maximum absolute atomic E-state index is 6.20. The fourth-order valence-corrected chi connectivity index (χ4v) is 2.62. The van der Waals surface area contributed by atoms with E-state index < -0.39 is 0 Å². The van der Waals surface area contributed by atoms with Crippen molar-refractivity contribution in [3.05, 3.63) is 53.3 Å². The number of benzene rings is 1. The fourth-order valence-electron chi connectivity index (χ4n) is 1.76. The van der Waals surface area contributed by atoms with Crippen molar-refractivity contribution in [3.63, 3.8) is 0 Å². The summed E-state index contributed by atoms with van der Waals surface area (Å²) in [6.45, 7) is 4.12. The molecule has 3 nitrogen and oxygen atoms in total. The van der Waals surface area contributed by atoms with Crippen molar-refractivity contribution in [3.8, 4) is 0 Å². The minimum atomic E-state index is 0.0139. The Labute approximate surface area is 118 Å². The fraction of sp³-hybridized carbons (Fsp3) is 0.333. The largest absolute Gasteiger partial charge is 0.323 e. The Bertz CT molecular complexity index is 525. The highest BCUT2D eigenvalue weighted by Gasteiger charge is 2.08. The van der Waals surface area contributed by atoms with Crippen LogP contribution in [-0.2, 0) is 6.42 Å². The van der Waals surface area contributed by atoms with Gasteiger partial charge in [0.25, 0.3) is 0 Å². The highest BCUT2D eigenvalue weighted by molar-refractivity contribution is 7.99. The third-order valence-electron chi connectivity index (χ3n) is 2.98. The maximum Gasteiger partial charge on any atom is 0.187 e. The van der Waals surface area contributed by atoms with Gasteiger partial charge in [-0.25, -0.2) is 9.97 Å². The normalized spacial score (nSPS) is 12.4. The smallest absolute Gasteiger partial charge is 0.187 e. The lowest BCUT2D eigenvalue weighted by Crippen LogP contribution is -2.13. The Morgan fingerprint density at radius 1 is 1.21 bits per heavy atom. The number of hydrogen-bond donors (Lipinski definition) is 1. The van der Waals surface area contributed by atoms with Gasteiger partial charge in [-0.3, -0.25) is 0 Å². The average molecular weight is 273 g/mol. The predicted octanol–water partition coefficient (Wildman–Crippen LogP) is 3.14. The monoisotopic (exact) mass is 273 g/mol. The highest BCUT2D eigenvalue weighted by Crippen LogP contribution is 2.21. The maximum atomic E-state index is 6.20. The Kier molecular flexibility index (Phi) is 4.93. The minimum Gasteiger partial charge on any atom is -0.323 e. The van der Waals surface area contributed by atoms with Gasteiger partial charge in [0.1, 0.15) is 0 Å². The molecule has 1 atom stereocenters. The van der Waals surface area contributed by atoms with Crippen LogP contribution in [0, 0.1) is 6.92 Å². The van der Waals surface area contributed by atoms with E-state index >= 15 is 0 Å². The van der Waals surface area contributed by atoms with Gasteiger partial charge in [-0.15, -0.1) is 0 Å². The minimum absolute atomic E-state index is 0.0139. The van der Waals surface area contributed by atoms with Crippen LogP contribution in [0.25, 0.3) is 0 Å². The van der Waals surface area contributed by atoms with Gasteiger partial charge >= 0.3 is 0 Å². The SMILES string of the molecule is CCc1ccc(C(N)CSc2nccc(C)n2)cc1. The first-order chi connectivity index (χ1) is 9.19. The zero-order valence-corrected chi connectivity index (χ0v) is 12.2. The standard InChI is InChI=1S/C15H19N3S/c1-3-12-4-6-13(7-5-12)14(16)10-19-15-17-9-8-11(2)18-15/h4-9,14H,3,10,16H2,1-2H3. The zero-order chi connectivity index (χ0) is 13.7. The number of hydrogen-bond acceptors (Lipinski definition) is 4. The van der Waals surface area contributed by atoms with Crippen LogP contribution in [0.5, 0.6) is 0 Å². The number of aryl methyl sites for hydroxylation is 2. The van der Waals surface area contributed by atoms with E-state index in [1.54, 1.807) is 18.0 Å². The number of nitrogens with two attached hydrogens (primary N) is 1. The molecule has 0 radical (unpaired) electrons. The van der Waals surface area contributed by atoms with E-state index in [4.69, 9.17) is 5.73 Å². The first kappa shape index (κ1) is 14.0. The molecule has 1 unspecified atom stereocenters. The summed E-state index contributed by atoms with van der Waals surface area (Å²) in [4.78, 5) is 8.59. The predicted molar refractivity (Wildman–Crippen MR) is 80.2 cm³/mol. The van der Waals surface area contributed by atoms with Crippen molar-refractivity contribution in [1.29, 1.82) is 0 Å². The van der Waals surface area contributed by atoms with E-state index in [0.29, 0.717) is 0 Å². The van der Waals surface area contributed by atoms with Gasteiger partial charge in [-0.2, -0.15) is 0 Å². The molecular weight excluding hydrogens is 254 g/mol. The van der Waals surface area contributed by atoms with Crippen molar-refractivity contribution in [2.24, 2.45) is 5.73 Å². The second-order valence-electron chi connectivity index (χ2n) is 4.49. The van der Waals surface area contributed by atoms with Gasteiger partial charge in [0.05, 0.1) is 0 Å². The van der Waals surface area contributed by atoms with Gasteiger partial charge in [-0.1, -0.05) is 43.0 Å². The van der Waals surface area contributed by atoms with Gasteiger partial charge in [-0.05, 0) is 30.5 Å². The number of rotatable bonds is 5. The summed E-state index contributed by atoms with van der Waals surface area (Å²) in [5.41, 5.74) is 9.68. The molecule has 1 aromatic heterocycles. The van der Waals surface area contributed by atoms with Gasteiger partial charge in [0, 0.05) is 23.7 Å². The lowest BCUT2D eigenvalue weighted by Gasteiger charge is -2.11. The first-order valence-corrected chi connectivity index (χ1v) is 7.44. The van der Waals surface area contributed by atoms with Crippen molar-refractivity contribution >= 4 is 11.8 Å².